The zero-order valence-electron chi connectivity index (χ0n) is 12.9. The van der Waals surface area contributed by atoms with Gasteiger partial charge in [0.25, 0.3) is 5.91 Å². The zero-order chi connectivity index (χ0) is 15.9. The van der Waals surface area contributed by atoms with Crippen LogP contribution in [0.2, 0.25) is 0 Å². The van der Waals surface area contributed by atoms with Crippen LogP contribution in [-0.2, 0) is 0 Å². The van der Waals surface area contributed by atoms with E-state index >= 15 is 0 Å². The summed E-state index contributed by atoms with van der Waals surface area (Å²) >= 11 is 3.27. The maximum Gasteiger partial charge on any atom is 0.252 e. The molecule has 0 bridgehead atoms. The Morgan fingerprint density at radius 2 is 1.95 bits per heavy atom. The summed E-state index contributed by atoms with van der Waals surface area (Å²) in [6, 6.07) is 4.14. The van der Waals surface area contributed by atoms with Crippen LogP contribution in [0.4, 0.5) is 4.39 Å². The normalized spacial score (nSPS) is 16.7. The lowest BCUT2D eigenvalue weighted by Crippen LogP contribution is -2.46. The van der Waals surface area contributed by atoms with Crippen LogP contribution >= 0.6 is 15.9 Å². The number of likely N-dealkylation sites (N-methyl/N-ethyl adjacent to an activating group) is 1. The van der Waals surface area contributed by atoms with Crippen molar-refractivity contribution in [2.24, 2.45) is 0 Å². The summed E-state index contributed by atoms with van der Waals surface area (Å²) in [5, 5.41) is 2.85. The van der Waals surface area contributed by atoms with E-state index in [1.54, 1.807) is 6.07 Å². The number of nitrogens with one attached hydrogen (secondary N) is 1. The van der Waals surface area contributed by atoms with Gasteiger partial charge in [0.1, 0.15) is 5.82 Å². The molecule has 122 valence electrons. The third-order valence-corrected chi connectivity index (χ3v) is 4.71. The van der Waals surface area contributed by atoms with E-state index in [4.69, 9.17) is 0 Å². The molecule has 1 N–H and O–H groups in total. The van der Waals surface area contributed by atoms with Gasteiger partial charge in [-0.3, -0.25) is 4.79 Å². The highest BCUT2D eigenvalue weighted by atomic mass is 79.9. The molecule has 0 aromatic heterocycles. The first kappa shape index (κ1) is 17.4. The van der Waals surface area contributed by atoms with Crippen molar-refractivity contribution in [2.75, 3.05) is 45.8 Å². The first-order chi connectivity index (χ1) is 10.6. The van der Waals surface area contributed by atoms with Crippen molar-refractivity contribution >= 4 is 21.8 Å². The Hall–Kier alpha value is -0.980. The highest BCUT2D eigenvalue weighted by Gasteiger charge is 2.15. The average molecular weight is 372 g/mol. The van der Waals surface area contributed by atoms with E-state index in [1.165, 1.54) is 12.1 Å². The molecule has 2 rings (SSSR count). The minimum Gasteiger partial charge on any atom is -0.352 e. The van der Waals surface area contributed by atoms with Gasteiger partial charge in [-0.05, 0) is 53.6 Å². The van der Waals surface area contributed by atoms with E-state index in [-0.39, 0.29) is 5.91 Å². The van der Waals surface area contributed by atoms with Crippen LogP contribution in [-0.4, -0.2) is 61.5 Å². The molecule has 0 radical (unpaired) electrons. The number of nitrogens with zero attached hydrogens (tertiary/aromatic N) is 2. The van der Waals surface area contributed by atoms with Crippen LogP contribution in [0.3, 0.4) is 0 Å². The van der Waals surface area contributed by atoms with E-state index in [9.17, 15) is 9.18 Å². The lowest BCUT2D eigenvalue weighted by atomic mass is 10.2. The minimum atomic E-state index is -0.401. The van der Waals surface area contributed by atoms with Crippen LogP contribution in [0.15, 0.2) is 22.7 Å². The molecular formula is C16H23BrFN3O. The summed E-state index contributed by atoms with van der Waals surface area (Å²) in [4.78, 5) is 16.9. The fraction of sp³-hybridized carbons (Fsp3) is 0.562. The molecule has 1 aliphatic heterocycles. The van der Waals surface area contributed by atoms with Gasteiger partial charge in [-0.2, -0.15) is 0 Å². The molecule has 0 atom stereocenters. The second kappa shape index (κ2) is 8.60. The zero-order valence-corrected chi connectivity index (χ0v) is 14.5. The van der Waals surface area contributed by atoms with E-state index in [0.29, 0.717) is 16.6 Å². The van der Waals surface area contributed by atoms with Crippen molar-refractivity contribution in [2.45, 2.75) is 13.3 Å². The Balaban J connectivity index is 1.68. The number of hydrogen-bond acceptors (Lipinski definition) is 3. The largest absolute Gasteiger partial charge is 0.352 e. The Kier molecular flexibility index (Phi) is 6.79. The van der Waals surface area contributed by atoms with Crippen molar-refractivity contribution in [3.63, 3.8) is 0 Å². The molecule has 0 saturated carbocycles. The third-order valence-electron chi connectivity index (χ3n) is 4.02. The Labute approximate surface area is 139 Å². The molecule has 1 saturated heterocycles. The van der Waals surface area contributed by atoms with Crippen LogP contribution in [0.25, 0.3) is 0 Å². The number of carbonyl (C=O) groups is 1. The summed E-state index contributed by atoms with van der Waals surface area (Å²) in [7, 11) is 0. The Bertz CT molecular complexity index is 504. The first-order valence-electron chi connectivity index (χ1n) is 7.78. The van der Waals surface area contributed by atoms with E-state index in [2.05, 4.69) is 38.0 Å². The molecular weight excluding hydrogens is 349 g/mol. The Morgan fingerprint density at radius 3 is 2.64 bits per heavy atom. The van der Waals surface area contributed by atoms with Gasteiger partial charge in [0.15, 0.2) is 0 Å². The predicted molar refractivity (Wildman–Crippen MR) is 89.6 cm³/mol. The number of hydrogen-bond donors (Lipinski definition) is 1. The monoisotopic (exact) mass is 371 g/mol. The highest BCUT2D eigenvalue weighted by molar-refractivity contribution is 9.10. The van der Waals surface area contributed by atoms with Gasteiger partial charge in [0, 0.05) is 37.2 Å². The maximum atomic E-state index is 13.2. The average Bonchev–Trinajstić information content (AvgIpc) is 2.54. The highest BCUT2D eigenvalue weighted by Crippen LogP contribution is 2.17. The fourth-order valence-electron chi connectivity index (χ4n) is 2.60. The molecule has 6 heteroatoms. The molecule has 1 aromatic rings. The Morgan fingerprint density at radius 1 is 1.27 bits per heavy atom. The van der Waals surface area contributed by atoms with Crippen molar-refractivity contribution in [3.8, 4) is 0 Å². The number of halogens is 2. The maximum absolute atomic E-state index is 13.2. The van der Waals surface area contributed by atoms with Gasteiger partial charge in [-0.1, -0.05) is 6.92 Å². The van der Waals surface area contributed by atoms with Gasteiger partial charge < -0.3 is 15.1 Å². The molecule has 0 spiro atoms. The van der Waals surface area contributed by atoms with Gasteiger partial charge in [-0.25, -0.2) is 4.39 Å². The summed E-state index contributed by atoms with van der Waals surface area (Å²) < 4.78 is 13.8. The SMILES string of the molecule is CCN1CCN(CCCNC(=O)c2cc(F)ccc2Br)CC1. The fourth-order valence-corrected chi connectivity index (χ4v) is 3.03. The van der Waals surface area contributed by atoms with Crippen molar-refractivity contribution < 1.29 is 9.18 Å². The van der Waals surface area contributed by atoms with Gasteiger partial charge in [0.05, 0.1) is 5.56 Å². The number of benzene rings is 1. The lowest BCUT2D eigenvalue weighted by Gasteiger charge is -2.33. The second-order valence-electron chi connectivity index (χ2n) is 5.51. The van der Waals surface area contributed by atoms with Crippen LogP contribution in [0, 0.1) is 5.82 Å². The van der Waals surface area contributed by atoms with Gasteiger partial charge in [0.2, 0.25) is 0 Å². The molecule has 22 heavy (non-hydrogen) atoms. The van der Waals surface area contributed by atoms with E-state index in [0.717, 1.165) is 45.7 Å². The van der Waals surface area contributed by atoms with Crippen LogP contribution in [0.5, 0.6) is 0 Å². The quantitative estimate of drug-likeness (QED) is 0.779. The smallest absolute Gasteiger partial charge is 0.252 e. The molecule has 1 heterocycles. The molecule has 1 aliphatic rings. The molecule has 0 aliphatic carbocycles. The van der Waals surface area contributed by atoms with E-state index < -0.39 is 5.82 Å². The third kappa shape index (κ3) is 5.04. The molecule has 1 aromatic carbocycles. The number of carbonyl (C=O) groups excluding carboxylic acids is 1. The van der Waals surface area contributed by atoms with Crippen molar-refractivity contribution in [3.05, 3.63) is 34.1 Å². The predicted octanol–water partition coefficient (Wildman–Crippen LogP) is 2.35. The van der Waals surface area contributed by atoms with Crippen LogP contribution in [0.1, 0.15) is 23.7 Å². The van der Waals surface area contributed by atoms with E-state index in [1.807, 2.05) is 0 Å². The summed E-state index contributed by atoms with van der Waals surface area (Å²) in [5.74, 6) is -0.635. The summed E-state index contributed by atoms with van der Waals surface area (Å²) in [5.41, 5.74) is 0.344. The summed E-state index contributed by atoms with van der Waals surface area (Å²) in [6.45, 7) is 9.34. The second-order valence-corrected chi connectivity index (χ2v) is 6.36. The van der Waals surface area contributed by atoms with Gasteiger partial charge in [-0.15, -0.1) is 0 Å². The van der Waals surface area contributed by atoms with Crippen molar-refractivity contribution in [1.29, 1.82) is 0 Å². The number of amides is 1. The van der Waals surface area contributed by atoms with Crippen molar-refractivity contribution in [1.82, 2.24) is 15.1 Å². The molecule has 4 nitrogen and oxygen atoms in total. The molecule has 1 fully saturated rings. The van der Waals surface area contributed by atoms with Crippen LogP contribution < -0.4 is 5.32 Å². The number of rotatable bonds is 6. The minimum absolute atomic E-state index is 0.234. The number of piperazine rings is 1. The summed E-state index contributed by atoms with van der Waals surface area (Å²) in [6.07, 6.45) is 0.908. The lowest BCUT2D eigenvalue weighted by molar-refractivity contribution is 0.0947. The molecule has 0 unspecified atom stereocenters. The van der Waals surface area contributed by atoms with Gasteiger partial charge >= 0.3 is 0 Å². The molecule has 1 amide bonds. The topological polar surface area (TPSA) is 35.6 Å². The standard InChI is InChI=1S/C16H23BrFN3O/c1-2-20-8-10-21(11-9-20)7-3-6-19-16(22)14-12-13(18)4-5-15(14)17/h4-5,12H,2-3,6-11H2,1H3,(H,19,22). The first-order valence-corrected chi connectivity index (χ1v) is 8.57.